The summed E-state index contributed by atoms with van der Waals surface area (Å²) in [4.78, 5) is 12.1. The molecule has 1 rings (SSSR count). The summed E-state index contributed by atoms with van der Waals surface area (Å²) in [7, 11) is -1.88. The number of carbonyl (C=O) groups is 1. The maximum Gasteiger partial charge on any atom is 0.239 e. The van der Waals surface area contributed by atoms with Gasteiger partial charge in [-0.15, -0.1) is 0 Å². The normalized spacial score (nSPS) is 11.5. The van der Waals surface area contributed by atoms with Crippen LogP contribution in [0.25, 0.3) is 0 Å². The Hall–Kier alpha value is -1.60. The van der Waals surface area contributed by atoms with Gasteiger partial charge in [-0.05, 0) is 31.0 Å². The van der Waals surface area contributed by atoms with Gasteiger partial charge in [0.2, 0.25) is 15.9 Å². The van der Waals surface area contributed by atoms with E-state index in [1.807, 2.05) is 19.9 Å². The molecule has 0 aliphatic heterocycles. The van der Waals surface area contributed by atoms with Crippen molar-refractivity contribution < 1.29 is 17.9 Å². The van der Waals surface area contributed by atoms with Crippen molar-refractivity contribution in [1.29, 1.82) is 0 Å². The van der Waals surface area contributed by atoms with Gasteiger partial charge in [-0.2, -0.15) is 4.31 Å². The first kappa shape index (κ1) is 17.5. The lowest BCUT2D eigenvalue weighted by Gasteiger charge is -2.19. The number of hydrogen-bond donors (Lipinski definition) is 1. The summed E-state index contributed by atoms with van der Waals surface area (Å²) in [6, 6.07) is 5.40. The van der Waals surface area contributed by atoms with E-state index in [1.165, 1.54) is 7.11 Å². The smallest absolute Gasteiger partial charge is 0.239 e. The Morgan fingerprint density at radius 3 is 2.57 bits per heavy atom. The van der Waals surface area contributed by atoms with Crippen molar-refractivity contribution in [3.05, 3.63) is 23.8 Å². The zero-order chi connectivity index (χ0) is 16.0. The van der Waals surface area contributed by atoms with Crippen molar-refractivity contribution in [2.45, 2.75) is 20.3 Å². The molecule has 0 atom stereocenters. The standard InChI is InChI=1S/C14H22N2O4S/c1-5-8-16(21(4,18)19)10-14(17)15-12-9-11(2)6-7-13(12)20-3/h6-7,9H,5,8,10H2,1-4H3,(H,15,17). The van der Waals surface area contributed by atoms with E-state index >= 15 is 0 Å². The number of methoxy groups -OCH3 is 1. The van der Waals surface area contributed by atoms with E-state index in [0.717, 1.165) is 16.1 Å². The summed E-state index contributed by atoms with van der Waals surface area (Å²) in [5.41, 5.74) is 1.51. The van der Waals surface area contributed by atoms with Crippen LogP contribution in [0.5, 0.6) is 5.75 Å². The fourth-order valence-electron chi connectivity index (χ4n) is 1.88. The molecule has 7 heteroatoms. The maximum absolute atomic E-state index is 12.1. The summed E-state index contributed by atoms with van der Waals surface area (Å²) in [6.07, 6.45) is 1.75. The molecular weight excluding hydrogens is 292 g/mol. The molecule has 0 unspecified atom stereocenters. The minimum Gasteiger partial charge on any atom is -0.495 e. The van der Waals surface area contributed by atoms with Crippen LogP contribution >= 0.6 is 0 Å². The van der Waals surface area contributed by atoms with Gasteiger partial charge in [0, 0.05) is 6.54 Å². The number of hydrogen-bond acceptors (Lipinski definition) is 4. The monoisotopic (exact) mass is 314 g/mol. The first-order chi connectivity index (χ1) is 9.77. The van der Waals surface area contributed by atoms with Crippen LogP contribution in [0.4, 0.5) is 5.69 Å². The number of nitrogens with zero attached hydrogens (tertiary/aromatic N) is 1. The van der Waals surface area contributed by atoms with Crippen molar-refractivity contribution in [2.24, 2.45) is 0 Å². The van der Waals surface area contributed by atoms with Crippen molar-refractivity contribution >= 4 is 21.6 Å². The van der Waals surface area contributed by atoms with Crippen LogP contribution in [0.15, 0.2) is 18.2 Å². The predicted molar refractivity (Wildman–Crippen MR) is 83.1 cm³/mol. The van der Waals surface area contributed by atoms with E-state index in [-0.39, 0.29) is 6.54 Å². The highest BCUT2D eigenvalue weighted by atomic mass is 32.2. The fraction of sp³-hybridized carbons (Fsp3) is 0.500. The van der Waals surface area contributed by atoms with Gasteiger partial charge in [-0.1, -0.05) is 13.0 Å². The molecule has 1 amide bonds. The Bertz CT molecular complexity index is 599. The van der Waals surface area contributed by atoms with Crippen LogP contribution < -0.4 is 10.1 Å². The topological polar surface area (TPSA) is 75.7 Å². The zero-order valence-corrected chi connectivity index (χ0v) is 13.7. The summed E-state index contributed by atoms with van der Waals surface area (Å²) < 4.78 is 29.5. The van der Waals surface area contributed by atoms with Gasteiger partial charge in [0.05, 0.1) is 25.6 Å². The number of aryl methyl sites for hydroxylation is 1. The number of benzene rings is 1. The summed E-state index contributed by atoms with van der Waals surface area (Å²) in [5.74, 6) is 0.146. The third-order valence-corrected chi connectivity index (χ3v) is 4.14. The summed E-state index contributed by atoms with van der Waals surface area (Å²) in [6.45, 7) is 3.87. The molecule has 1 N–H and O–H groups in total. The third kappa shape index (κ3) is 5.35. The second-order valence-corrected chi connectivity index (χ2v) is 6.83. The molecule has 1 aromatic carbocycles. The van der Waals surface area contributed by atoms with Gasteiger partial charge in [-0.3, -0.25) is 4.79 Å². The zero-order valence-electron chi connectivity index (χ0n) is 12.8. The molecule has 0 radical (unpaired) electrons. The summed E-state index contributed by atoms with van der Waals surface area (Å²) in [5, 5.41) is 2.69. The van der Waals surface area contributed by atoms with Gasteiger partial charge >= 0.3 is 0 Å². The molecule has 1 aromatic rings. The first-order valence-electron chi connectivity index (χ1n) is 6.67. The minimum absolute atomic E-state index is 0.205. The Morgan fingerprint density at radius 1 is 1.38 bits per heavy atom. The molecule has 0 fully saturated rings. The van der Waals surface area contributed by atoms with E-state index in [2.05, 4.69) is 5.32 Å². The Morgan fingerprint density at radius 2 is 2.05 bits per heavy atom. The molecule has 0 bridgehead atoms. The second-order valence-electron chi connectivity index (χ2n) is 4.85. The number of rotatable bonds is 7. The number of ether oxygens (including phenoxy) is 1. The highest BCUT2D eigenvalue weighted by molar-refractivity contribution is 7.88. The van der Waals surface area contributed by atoms with Crippen LogP contribution in [0, 0.1) is 6.92 Å². The number of sulfonamides is 1. The van der Waals surface area contributed by atoms with Crippen molar-refractivity contribution in [1.82, 2.24) is 4.31 Å². The average Bonchev–Trinajstić information content (AvgIpc) is 2.37. The van der Waals surface area contributed by atoms with Crippen LogP contribution in [0.3, 0.4) is 0 Å². The van der Waals surface area contributed by atoms with E-state index in [4.69, 9.17) is 4.74 Å². The maximum atomic E-state index is 12.1. The largest absolute Gasteiger partial charge is 0.495 e. The molecular formula is C14H22N2O4S. The lowest BCUT2D eigenvalue weighted by Crippen LogP contribution is -2.37. The number of carbonyl (C=O) groups excluding carboxylic acids is 1. The highest BCUT2D eigenvalue weighted by Crippen LogP contribution is 2.25. The molecule has 0 saturated heterocycles. The van der Waals surface area contributed by atoms with Gasteiger partial charge in [-0.25, -0.2) is 8.42 Å². The quantitative estimate of drug-likeness (QED) is 0.829. The van der Waals surface area contributed by atoms with E-state index < -0.39 is 15.9 Å². The van der Waals surface area contributed by atoms with Crippen LogP contribution in [0.1, 0.15) is 18.9 Å². The van der Waals surface area contributed by atoms with Crippen LogP contribution in [-0.4, -0.2) is 45.1 Å². The van der Waals surface area contributed by atoms with E-state index in [0.29, 0.717) is 24.4 Å². The Kier molecular flexibility index (Phi) is 6.17. The van der Waals surface area contributed by atoms with Crippen LogP contribution in [0.2, 0.25) is 0 Å². The molecule has 6 nitrogen and oxygen atoms in total. The number of nitrogens with one attached hydrogen (secondary N) is 1. The van der Waals surface area contributed by atoms with E-state index in [1.54, 1.807) is 12.1 Å². The molecule has 118 valence electrons. The SMILES string of the molecule is CCCN(CC(=O)Nc1cc(C)ccc1OC)S(C)(=O)=O. The molecule has 0 saturated carbocycles. The van der Waals surface area contributed by atoms with E-state index in [9.17, 15) is 13.2 Å². The molecule has 0 spiro atoms. The van der Waals surface area contributed by atoms with Gasteiger partial charge in [0.1, 0.15) is 5.75 Å². The highest BCUT2D eigenvalue weighted by Gasteiger charge is 2.19. The predicted octanol–water partition coefficient (Wildman–Crippen LogP) is 1.61. The summed E-state index contributed by atoms with van der Waals surface area (Å²) >= 11 is 0. The average molecular weight is 314 g/mol. The molecule has 0 aliphatic carbocycles. The Labute approximate surface area is 126 Å². The molecule has 0 aromatic heterocycles. The van der Waals surface area contributed by atoms with Gasteiger partial charge < -0.3 is 10.1 Å². The Balaban J connectivity index is 2.84. The van der Waals surface area contributed by atoms with Gasteiger partial charge in [0.25, 0.3) is 0 Å². The molecule has 21 heavy (non-hydrogen) atoms. The lowest BCUT2D eigenvalue weighted by molar-refractivity contribution is -0.116. The number of anilines is 1. The molecule has 0 heterocycles. The van der Waals surface area contributed by atoms with Crippen LogP contribution in [-0.2, 0) is 14.8 Å². The third-order valence-electron chi connectivity index (χ3n) is 2.89. The first-order valence-corrected chi connectivity index (χ1v) is 8.52. The minimum atomic E-state index is -3.40. The van der Waals surface area contributed by atoms with Crippen molar-refractivity contribution in [2.75, 3.05) is 31.8 Å². The lowest BCUT2D eigenvalue weighted by atomic mass is 10.2. The number of amides is 1. The van der Waals surface area contributed by atoms with Gasteiger partial charge in [0.15, 0.2) is 0 Å². The molecule has 0 aliphatic rings. The van der Waals surface area contributed by atoms with Crippen molar-refractivity contribution in [3.63, 3.8) is 0 Å². The van der Waals surface area contributed by atoms with Crippen molar-refractivity contribution in [3.8, 4) is 5.75 Å². The second kappa shape index (κ2) is 7.42. The fourth-order valence-corrected chi connectivity index (χ4v) is 2.75.